The summed E-state index contributed by atoms with van der Waals surface area (Å²) in [5.74, 6) is 0. The Kier molecular flexibility index (Phi) is 2.33. The van der Waals surface area contributed by atoms with E-state index in [-0.39, 0.29) is 0 Å². The molecule has 5 heteroatoms. The van der Waals surface area contributed by atoms with Crippen LogP contribution in [0.15, 0.2) is 17.6 Å². The van der Waals surface area contributed by atoms with Gasteiger partial charge in [-0.1, -0.05) is 11.3 Å². The predicted octanol–water partition coefficient (Wildman–Crippen LogP) is 3.08. The lowest BCUT2D eigenvalue weighted by atomic mass is 10.2. The number of nitrogens with zero attached hydrogens (tertiary/aromatic N) is 2. The number of aromatic nitrogens is 2. The standard InChI is InChI=1S/C13H13N3S2/c1-8-4-11(17-7-8)9-6-16-10-2-3-14-5-12(10)18-13(16)15-9/h4,6-7,14H,2-3,5H2,1H3. The Bertz CT molecular complexity index is 720. The maximum absolute atomic E-state index is 4.77. The lowest BCUT2D eigenvalue weighted by molar-refractivity contribution is 0.638. The maximum Gasteiger partial charge on any atom is 0.194 e. The molecule has 0 unspecified atom stereocenters. The van der Waals surface area contributed by atoms with Crippen LogP contribution < -0.4 is 5.32 Å². The van der Waals surface area contributed by atoms with Gasteiger partial charge >= 0.3 is 0 Å². The van der Waals surface area contributed by atoms with Crippen LogP contribution in [0.1, 0.15) is 16.1 Å². The zero-order valence-corrected chi connectivity index (χ0v) is 11.7. The Labute approximate surface area is 113 Å². The molecule has 92 valence electrons. The van der Waals surface area contributed by atoms with E-state index in [4.69, 9.17) is 4.98 Å². The molecule has 3 aromatic rings. The minimum atomic E-state index is 0.997. The molecule has 0 spiro atoms. The first kappa shape index (κ1) is 10.7. The molecule has 3 nitrogen and oxygen atoms in total. The molecule has 0 amide bonds. The van der Waals surface area contributed by atoms with Crippen LogP contribution in [0.3, 0.4) is 0 Å². The fourth-order valence-electron chi connectivity index (χ4n) is 2.42. The number of rotatable bonds is 1. The predicted molar refractivity (Wildman–Crippen MR) is 76.5 cm³/mol. The number of thiophene rings is 1. The van der Waals surface area contributed by atoms with Crippen molar-refractivity contribution in [3.63, 3.8) is 0 Å². The van der Waals surface area contributed by atoms with Crippen molar-refractivity contribution in [1.82, 2.24) is 14.7 Å². The number of thiazole rings is 1. The van der Waals surface area contributed by atoms with Crippen LogP contribution in [0.4, 0.5) is 0 Å². The van der Waals surface area contributed by atoms with E-state index in [1.54, 1.807) is 11.3 Å². The van der Waals surface area contributed by atoms with Gasteiger partial charge in [0.1, 0.15) is 5.69 Å². The van der Waals surface area contributed by atoms with Crippen molar-refractivity contribution in [2.75, 3.05) is 6.54 Å². The summed E-state index contributed by atoms with van der Waals surface area (Å²) in [6, 6.07) is 2.21. The molecule has 1 N–H and O–H groups in total. The van der Waals surface area contributed by atoms with E-state index in [1.165, 1.54) is 21.0 Å². The highest BCUT2D eigenvalue weighted by atomic mass is 32.1. The summed E-state index contributed by atoms with van der Waals surface area (Å²) in [6.07, 6.45) is 3.30. The molecule has 4 heterocycles. The van der Waals surface area contributed by atoms with Gasteiger partial charge in [0.2, 0.25) is 0 Å². The van der Waals surface area contributed by atoms with Gasteiger partial charge in [-0.05, 0) is 23.9 Å². The first-order valence-corrected chi connectivity index (χ1v) is 7.77. The molecule has 0 atom stereocenters. The molecule has 0 radical (unpaired) electrons. The summed E-state index contributed by atoms with van der Waals surface area (Å²) in [6.45, 7) is 4.20. The van der Waals surface area contributed by atoms with E-state index in [0.717, 1.165) is 30.2 Å². The average molecular weight is 275 g/mol. The molecule has 0 saturated heterocycles. The molecule has 3 aromatic heterocycles. The van der Waals surface area contributed by atoms with Gasteiger partial charge in [-0.2, -0.15) is 0 Å². The fraction of sp³-hybridized carbons (Fsp3) is 0.308. The highest BCUT2D eigenvalue weighted by Crippen LogP contribution is 2.31. The van der Waals surface area contributed by atoms with Crippen LogP contribution in [-0.4, -0.2) is 15.9 Å². The first-order chi connectivity index (χ1) is 8.81. The molecule has 1 aliphatic rings. The molecule has 0 aliphatic carbocycles. The van der Waals surface area contributed by atoms with E-state index in [1.807, 2.05) is 11.3 Å². The highest BCUT2D eigenvalue weighted by Gasteiger charge is 2.18. The summed E-state index contributed by atoms with van der Waals surface area (Å²) < 4.78 is 2.28. The molecule has 0 fully saturated rings. The summed E-state index contributed by atoms with van der Waals surface area (Å²) >= 11 is 3.59. The van der Waals surface area contributed by atoms with Gasteiger partial charge in [-0.3, -0.25) is 4.40 Å². The van der Waals surface area contributed by atoms with Crippen LogP contribution in [0.5, 0.6) is 0 Å². The van der Waals surface area contributed by atoms with E-state index in [0.29, 0.717) is 0 Å². The molecule has 0 saturated carbocycles. The maximum atomic E-state index is 4.77. The van der Waals surface area contributed by atoms with Gasteiger partial charge in [0.15, 0.2) is 4.96 Å². The summed E-state index contributed by atoms with van der Waals surface area (Å²) in [4.78, 5) is 8.61. The fourth-order valence-corrected chi connectivity index (χ4v) is 4.40. The third-order valence-electron chi connectivity index (χ3n) is 3.31. The minimum absolute atomic E-state index is 0.997. The van der Waals surface area contributed by atoms with Gasteiger partial charge in [-0.15, -0.1) is 11.3 Å². The molecular weight excluding hydrogens is 262 g/mol. The Morgan fingerprint density at radius 1 is 1.44 bits per heavy atom. The average Bonchev–Trinajstić information content (AvgIpc) is 3.01. The van der Waals surface area contributed by atoms with E-state index in [2.05, 4.69) is 34.3 Å². The second kappa shape index (κ2) is 3.91. The number of hydrogen-bond donors (Lipinski definition) is 1. The van der Waals surface area contributed by atoms with Crippen molar-refractivity contribution in [3.05, 3.63) is 33.8 Å². The van der Waals surface area contributed by atoms with Gasteiger partial charge in [0.25, 0.3) is 0 Å². The number of nitrogens with one attached hydrogen (secondary N) is 1. The molecular formula is C13H13N3S2. The first-order valence-electron chi connectivity index (χ1n) is 6.07. The van der Waals surface area contributed by atoms with Crippen molar-refractivity contribution in [2.24, 2.45) is 0 Å². The molecule has 18 heavy (non-hydrogen) atoms. The Morgan fingerprint density at radius 3 is 3.22 bits per heavy atom. The molecule has 4 rings (SSSR count). The van der Waals surface area contributed by atoms with Crippen molar-refractivity contribution >= 4 is 27.6 Å². The molecule has 1 aliphatic heterocycles. The van der Waals surface area contributed by atoms with E-state index in [9.17, 15) is 0 Å². The Balaban J connectivity index is 1.87. The number of fused-ring (bicyclic) bond motifs is 3. The minimum Gasteiger partial charge on any atom is -0.311 e. The zero-order chi connectivity index (χ0) is 12.1. The largest absolute Gasteiger partial charge is 0.311 e. The van der Waals surface area contributed by atoms with Crippen LogP contribution in [0, 0.1) is 6.92 Å². The van der Waals surface area contributed by atoms with Crippen LogP contribution >= 0.6 is 22.7 Å². The van der Waals surface area contributed by atoms with Gasteiger partial charge < -0.3 is 5.32 Å². The summed E-state index contributed by atoms with van der Waals surface area (Å²) in [5.41, 5.74) is 3.87. The smallest absolute Gasteiger partial charge is 0.194 e. The zero-order valence-electron chi connectivity index (χ0n) is 10.1. The summed E-state index contributed by atoms with van der Waals surface area (Å²) in [7, 11) is 0. The van der Waals surface area contributed by atoms with Crippen LogP contribution in [0.2, 0.25) is 0 Å². The van der Waals surface area contributed by atoms with Crippen LogP contribution in [-0.2, 0) is 13.0 Å². The topological polar surface area (TPSA) is 29.3 Å². The quantitative estimate of drug-likeness (QED) is 0.739. The molecule has 0 aromatic carbocycles. The second-order valence-corrected chi connectivity index (χ2v) is 6.64. The van der Waals surface area contributed by atoms with Crippen molar-refractivity contribution in [1.29, 1.82) is 0 Å². The summed E-state index contributed by atoms with van der Waals surface area (Å²) in [5, 5.41) is 5.60. The third kappa shape index (κ3) is 1.55. The lowest BCUT2D eigenvalue weighted by Gasteiger charge is -2.11. The van der Waals surface area contributed by atoms with Gasteiger partial charge in [0.05, 0.1) is 4.88 Å². The highest BCUT2D eigenvalue weighted by molar-refractivity contribution is 7.17. The van der Waals surface area contributed by atoms with E-state index < -0.39 is 0 Å². The number of imidazole rings is 1. The van der Waals surface area contributed by atoms with Crippen molar-refractivity contribution in [3.8, 4) is 10.6 Å². The van der Waals surface area contributed by atoms with Gasteiger partial charge in [-0.25, -0.2) is 4.98 Å². The Morgan fingerprint density at radius 2 is 2.39 bits per heavy atom. The Hall–Kier alpha value is -1.17. The molecule has 0 bridgehead atoms. The van der Waals surface area contributed by atoms with Crippen molar-refractivity contribution in [2.45, 2.75) is 19.9 Å². The van der Waals surface area contributed by atoms with E-state index >= 15 is 0 Å². The third-order valence-corrected chi connectivity index (χ3v) is 5.48. The second-order valence-electron chi connectivity index (χ2n) is 4.67. The number of hydrogen-bond acceptors (Lipinski definition) is 4. The lowest BCUT2D eigenvalue weighted by Crippen LogP contribution is -2.23. The SMILES string of the molecule is Cc1csc(-c2cn3c4c(sc3n2)CNCC4)c1. The van der Waals surface area contributed by atoms with Gasteiger partial charge in [0, 0.05) is 36.3 Å². The normalized spacial score (nSPS) is 15.2. The van der Waals surface area contributed by atoms with Crippen molar-refractivity contribution < 1.29 is 0 Å². The monoisotopic (exact) mass is 275 g/mol. The van der Waals surface area contributed by atoms with Crippen LogP contribution in [0.25, 0.3) is 15.5 Å². The number of aryl methyl sites for hydroxylation is 1.